The molecule has 82 valence electrons. The molecular weight excluding hydrogens is 212 g/mol. The Bertz CT molecular complexity index is 476. The van der Waals surface area contributed by atoms with E-state index in [4.69, 9.17) is 5.26 Å². The average Bonchev–Trinajstić information content (AvgIpc) is 2.28. The van der Waals surface area contributed by atoms with Crippen molar-refractivity contribution in [3.8, 4) is 6.07 Å². The predicted molar refractivity (Wildman–Crippen MR) is 53.8 cm³/mol. The summed E-state index contributed by atoms with van der Waals surface area (Å²) in [7, 11) is 0. The molecule has 0 aliphatic carbocycles. The summed E-state index contributed by atoms with van der Waals surface area (Å²) in [4.78, 5) is 21.4. The number of benzene rings is 1. The van der Waals surface area contributed by atoms with Gasteiger partial charge in [-0.2, -0.15) is 5.26 Å². The fraction of sp³-hybridized carbons (Fsp3) is 0.200. The molecule has 0 bridgehead atoms. The van der Waals surface area contributed by atoms with Gasteiger partial charge in [-0.25, -0.2) is 4.79 Å². The number of esters is 1. The van der Waals surface area contributed by atoms with E-state index in [-0.39, 0.29) is 17.7 Å². The maximum Gasteiger partial charge on any atom is 0.345 e. The van der Waals surface area contributed by atoms with Crippen LogP contribution in [0.25, 0.3) is 0 Å². The van der Waals surface area contributed by atoms with Crippen LogP contribution >= 0.6 is 0 Å². The third kappa shape index (κ3) is 2.15. The zero-order valence-corrected chi connectivity index (χ0v) is 8.47. The van der Waals surface area contributed by atoms with Gasteiger partial charge in [0.05, 0.1) is 11.5 Å². The number of para-hydroxylation sites is 1. The minimum Gasteiger partial charge on any atom is -0.462 e. The Labute approximate surface area is 91.2 Å². The standard InChI is InChI=1S/C10H8N2O4/c1-2-16-10(13)8-5-3-4-7(6-11)9(8)12(14)15/h3-5H,2H2,1H3. The molecule has 0 heterocycles. The number of hydrogen-bond acceptors (Lipinski definition) is 5. The van der Waals surface area contributed by atoms with Gasteiger partial charge in [-0.15, -0.1) is 0 Å². The number of nitro benzene ring substituents is 1. The van der Waals surface area contributed by atoms with Crippen LogP contribution in [0, 0.1) is 21.4 Å². The number of ether oxygens (including phenoxy) is 1. The third-order valence-electron chi connectivity index (χ3n) is 1.83. The Morgan fingerprint density at radius 3 is 2.81 bits per heavy atom. The fourth-order valence-corrected chi connectivity index (χ4v) is 1.20. The average molecular weight is 220 g/mol. The van der Waals surface area contributed by atoms with Crippen LogP contribution in [0.4, 0.5) is 5.69 Å². The van der Waals surface area contributed by atoms with Crippen molar-refractivity contribution in [3.05, 3.63) is 39.4 Å². The molecule has 0 aliphatic rings. The second-order valence-electron chi connectivity index (χ2n) is 2.79. The summed E-state index contributed by atoms with van der Waals surface area (Å²) in [5, 5.41) is 19.5. The van der Waals surface area contributed by atoms with Crippen molar-refractivity contribution in [2.75, 3.05) is 6.61 Å². The number of nitriles is 1. The maximum absolute atomic E-state index is 11.4. The van der Waals surface area contributed by atoms with Crippen LogP contribution in [0.1, 0.15) is 22.8 Å². The molecule has 0 unspecified atom stereocenters. The predicted octanol–water partition coefficient (Wildman–Crippen LogP) is 1.64. The van der Waals surface area contributed by atoms with Gasteiger partial charge in [0.2, 0.25) is 0 Å². The lowest BCUT2D eigenvalue weighted by Crippen LogP contribution is -2.09. The summed E-state index contributed by atoms with van der Waals surface area (Å²) in [5.74, 6) is -0.800. The van der Waals surface area contributed by atoms with Gasteiger partial charge in [0.1, 0.15) is 17.2 Å². The maximum atomic E-state index is 11.4. The number of carbonyl (C=O) groups is 1. The van der Waals surface area contributed by atoms with Crippen LogP contribution in [-0.2, 0) is 4.74 Å². The molecule has 0 aromatic heterocycles. The van der Waals surface area contributed by atoms with Crippen molar-refractivity contribution >= 4 is 11.7 Å². The van der Waals surface area contributed by atoms with Crippen molar-refractivity contribution in [1.29, 1.82) is 5.26 Å². The summed E-state index contributed by atoms with van der Waals surface area (Å²) in [6, 6.07) is 5.60. The van der Waals surface area contributed by atoms with E-state index < -0.39 is 16.6 Å². The summed E-state index contributed by atoms with van der Waals surface area (Å²) < 4.78 is 4.67. The fourth-order valence-electron chi connectivity index (χ4n) is 1.20. The first-order valence-electron chi connectivity index (χ1n) is 4.46. The number of rotatable bonds is 3. The third-order valence-corrected chi connectivity index (χ3v) is 1.83. The largest absolute Gasteiger partial charge is 0.462 e. The Morgan fingerprint density at radius 2 is 2.31 bits per heavy atom. The molecule has 0 saturated carbocycles. The van der Waals surface area contributed by atoms with Gasteiger partial charge < -0.3 is 4.74 Å². The van der Waals surface area contributed by atoms with E-state index in [1.165, 1.54) is 18.2 Å². The van der Waals surface area contributed by atoms with Crippen LogP contribution < -0.4 is 0 Å². The van der Waals surface area contributed by atoms with E-state index >= 15 is 0 Å². The summed E-state index contributed by atoms with van der Waals surface area (Å²) in [6.45, 7) is 1.71. The van der Waals surface area contributed by atoms with Crippen LogP contribution in [0.15, 0.2) is 18.2 Å². The van der Waals surface area contributed by atoms with Crippen molar-refractivity contribution in [3.63, 3.8) is 0 Å². The SMILES string of the molecule is CCOC(=O)c1cccc(C#N)c1[N+](=O)[O-]. The zero-order valence-electron chi connectivity index (χ0n) is 8.47. The Morgan fingerprint density at radius 1 is 1.62 bits per heavy atom. The molecule has 1 aromatic rings. The number of carbonyl (C=O) groups excluding carboxylic acids is 1. The molecule has 1 aromatic carbocycles. The van der Waals surface area contributed by atoms with Gasteiger partial charge in [-0.05, 0) is 19.1 Å². The van der Waals surface area contributed by atoms with Crippen molar-refractivity contribution in [2.45, 2.75) is 6.92 Å². The van der Waals surface area contributed by atoms with Crippen molar-refractivity contribution in [2.24, 2.45) is 0 Å². The lowest BCUT2D eigenvalue weighted by molar-refractivity contribution is -0.385. The first kappa shape index (κ1) is 11.7. The van der Waals surface area contributed by atoms with Crippen molar-refractivity contribution < 1.29 is 14.5 Å². The van der Waals surface area contributed by atoms with Crippen LogP contribution in [0.5, 0.6) is 0 Å². The molecule has 0 saturated heterocycles. The van der Waals surface area contributed by atoms with Gasteiger partial charge in [0, 0.05) is 0 Å². The number of nitro groups is 1. The van der Waals surface area contributed by atoms with E-state index in [0.29, 0.717) is 0 Å². The molecule has 0 amide bonds. The summed E-state index contributed by atoms with van der Waals surface area (Å²) >= 11 is 0. The molecular formula is C10H8N2O4. The van der Waals surface area contributed by atoms with E-state index in [1.807, 2.05) is 0 Å². The van der Waals surface area contributed by atoms with E-state index in [1.54, 1.807) is 13.0 Å². The molecule has 0 aliphatic heterocycles. The monoisotopic (exact) mass is 220 g/mol. The second-order valence-corrected chi connectivity index (χ2v) is 2.79. The second kappa shape index (κ2) is 4.89. The Balaban J connectivity index is 3.34. The van der Waals surface area contributed by atoms with Crippen LogP contribution in [-0.4, -0.2) is 17.5 Å². The summed E-state index contributed by atoms with van der Waals surface area (Å²) in [6.07, 6.45) is 0. The lowest BCUT2D eigenvalue weighted by atomic mass is 10.1. The van der Waals surface area contributed by atoms with Gasteiger partial charge in [0.15, 0.2) is 0 Å². The minimum absolute atomic E-state index is 0.118. The highest BCUT2D eigenvalue weighted by Gasteiger charge is 2.25. The summed E-state index contributed by atoms with van der Waals surface area (Å²) in [5.41, 5.74) is -0.870. The first-order valence-corrected chi connectivity index (χ1v) is 4.46. The normalized spacial score (nSPS) is 9.25. The molecule has 6 nitrogen and oxygen atoms in total. The lowest BCUT2D eigenvalue weighted by Gasteiger charge is -2.03. The topological polar surface area (TPSA) is 93.2 Å². The van der Waals surface area contributed by atoms with Gasteiger partial charge >= 0.3 is 11.7 Å². The molecule has 0 N–H and O–H groups in total. The van der Waals surface area contributed by atoms with E-state index in [2.05, 4.69) is 4.74 Å². The highest BCUT2D eigenvalue weighted by molar-refractivity contribution is 5.95. The molecule has 0 fully saturated rings. The number of hydrogen-bond donors (Lipinski definition) is 0. The molecule has 0 atom stereocenters. The Kier molecular flexibility index (Phi) is 3.56. The van der Waals surface area contributed by atoms with E-state index in [9.17, 15) is 14.9 Å². The molecule has 1 rings (SSSR count). The number of nitrogens with zero attached hydrogens (tertiary/aromatic N) is 2. The van der Waals surface area contributed by atoms with Crippen LogP contribution in [0.2, 0.25) is 0 Å². The Hall–Kier alpha value is -2.42. The van der Waals surface area contributed by atoms with Gasteiger partial charge in [-0.1, -0.05) is 6.07 Å². The van der Waals surface area contributed by atoms with Gasteiger partial charge in [-0.3, -0.25) is 10.1 Å². The highest BCUT2D eigenvalue weighted by atomic mass is 16.6. The van der Waals surface area contributed by atoms with Crippen LogP contribution in [0.3, 0.4) is 0 Å². The molecule has 6 heteroatoms. The van der Waals surface area contributed by atoms with E-state index in [0.717, 1.165) is 0 Å². The van der Waals surface area contributed by atoms with Gasteiger partial charge in [0.25, 0.3) is 0 Å². The molecule has 0 spiro atoms. The quantitative estimate of drug-likeness (QED) is 0.438. The van der Waals surface area contributed by atoms with Crippen molar-refractivity contribution in [1.82, 2.24) is 0 Å². The highest BCUT2D eigenvalue weighted by Crippen LogP contribution is 2.23. The molecule has 16 heavy (non-hydrogen) atoms. The molecule has 0 radical (unpaired) electrons. The minimum atomic E-state index is -0.800. The first-order chi connectivity index (χ1) is 7.61. The zero-order chi connectivity index (χ0) is 12.1. The smallest absolute Gasteiger partial charge is 0.345 e.